The maximum Gasteiger partial charge on any atom is 0.334 e. The van der Waals surface area contributed by atoms with Gasteiger partial charge < -0.3 is 20.9 Å². The minimum atomic E-state index is -1.08. The lowest BCUT2D eigenvalue weighted by molar-refractivity contribution is -0.148. The highest BCUT2D eigenvalue weighted by Crippen LogP contribution is 2.22. The van der Waals surface area contributed by atoms with Crippen molar-refractivity contribution in [2.24, 2.45) is 11.7 Å². The van der Waals surface area contributed by atoms with Gasteiger partial charge in [-0.2, -0.15) is 0 Å². The van der Waals surface area contributed by atoms with Crippen LogP contribution in [0.1, 0.15) is 32.1 Å². The molecule has 1 rings (SSSR count). The van der Waals surface area contributed by atoms with Crippen molar-refractivity contribution in [2.45, 2.75) is 44.2 Å². The summed E-state index contributed by atoms with van der Waals surface area (Å²) in [6.07, 6.45) is 3.78. The molecule has 6 nitrogen and oxygen atoms in total. The minimum Gasteiger partial charge on any atom is -0.479 e. The first-order chi connectivity index (χ1) is 8.56. The molecule has 3 atom stereocenters. The molecule has 0 radical (unpaired) electrons. The van der Waals surface area contributed by atoms with Gasteiger partial charge in [-0.3, -0.25) is 4.79 Å². The number of nitrogens with two attached hydrogens (primary N) is 1. The Morgan fingerprint density at radius 3 is 2.67 bits per heavy atom. The number of amides is 1. The predicted molar refractivity (Wildman–Crippen MR) is 66.0 cm³/mol. The summed E-state index contributed by atoms with van der Waals surface area (Å²) in [5, 5.41) is 11.4. The fraction of sp³-hybridized carbons (Fsp3) is 0.833. The average Bonchev–Trinajstić information content (AvgIpc) is 2.54. The van der Waals surface area contributed by atoms with Crippen molar-refractivity contribution in [1.29, 1.82) is 0 Å². The molecular formula is C12H22N2O4. The third-order valence-corrected chi connectivity index (χ3v) is 3.43. The van der Waals surface area contributed by atoms with Gasteiger partial charge in [-0.1, -0.05) is 19.3 Å². The zero-order valence-electron chi connectivity index (χ0n) is 10.7. The molecule has 0 aromatic rings. The maximum absolute atomic E-state index is 12.0. The van der Waals surface area contributed by atoms with Gasteiger partial charge in [-0.25, -0.2) is 4.79 Å². The van der Waals surface area contributed by atoms with Crippen LogP contribution in [0.25, 0.3) is 0 Å². The van der Waals surface area contributed by atoms with Crippen LogP contribution in [-0.4, -0.2) is 42.8 Å². The van der Waals surface area contributed by atoms with Crippen LogP contribution >= 0.6 is 0 Å². The third-order valence-electron chi connectivity index (χ3n) is 3.43. The number of methoxy groups -OCH3 is 1. The van der Waals surface area contributed by atoms with E-state index in [-0.39, 0.29) is 24.4 Å². The van der Waals surface area contributed by atoms with Gasteiger partial charge in [0.1, 0.15) is 0 Å². The standard InChI is InChI=1S/C12H22N2O4/c1-18-10(12(16)17)7-14-11(15)8-5-3-2-4-6-9(8)13/h8-10H,2-7,13H2,1H3,(H,14,15)(H,16,17). The Morgan fingerprint density at radius 1 is 1.39 bits per heavy atom. The molecule has 0 bridgehead atoms. The van der Waals surface area contributed by atoms with Gasteiger partial charge in [0.05, 0.1) is 12.5 Å². The van der Waals surface area contributed by atoms with Crippen LogP contribution in [-0.2, 0) is 14.3 Å². The number of rotatable bonds is 5. The Hall–Kier alpha value is -1.14. The SMILES string of the molecule is COC(CNC(=O)C1CCCCCC1N)C(=O)O. The number of hydrogen-bond acceptors (Lipinski definition) is 4. The van der Waals surface area contributed by atoms with E-state index in [2.05, 4.69) is 5.32 Å². The summed E-state index contributed by atoms with van der Waals surface area (Å²) in [6.45, 7) is -0.0200. The molecule has 6 heteroatoms. The molecule has 4 N–H and O–H groups in total. The van der Waals surface area contributed by atoms with E-state index in [1.54, 1.807) is 0 Å². The van der Waals surface area contributed by atoms with Crippen LogP contribution in [0.15, 0.2) is 0 Å². The molecule has 0 aliphatic heterocycles. The second kappa shape index (κ2) is 7.33. The molecular weight excluding hydrogens is 236 g/mol. The highest BCUT2D eigenvalue weighted by Gasteiger charge is 2.28. The van der Waals surface area contributed by atoms with Gasteiger partial charge in [-0.05, 0) is 12.8 Å². The number of carbonyl (C=O) groups excluding carboxylic acids is 1. The minimum absolute atomic E-state index is 0.0200. The number of ether oxygens (including phenoxy) is 1. The second-order valence-corrected chi connectivity index (χ2v) is 4.72. The molecule has 0 heterocycles. The monoisotopic (exact) mass is 258 g/mol. The Kier molecular flexibility index (Phi) is 6.07. The Morgan fingerprint density at radius 2 is 2.06 bits per heavy atom. The summed E-state index contributed by atoms with van der Waals surface area (Å²) < 4.78 is 4.76. The van der Waals surface area contributed by atoms with Crippen molar-refractivity contribution in [1.82, 2.24) is 5.32 Å². The number of nitrogens with one attached hydrogen (secondary N) is 1. The third kappa shape index (κ3) is 4.27. The molecule has 0 aromatic heterocycles. The van der Waals surface area contributed by atoms with E-state index in [9.17, 15) is 9.59 Å². The largest absolute Gasteiger partial charge is 0.479 e. The van der Waals surface area contributed by atoms with Crippen molar-refractivity contribution in [3.05, 3.63) is 0 Å². The van der Waals surface area contributed by atoms with Crippen LogP contribution in [0.2, 0.25) is 0 Å². The smallest absolute Gasteiger partial charge is 0.334 e. The molecule has 1 aliphatic rings. The highest BCUT2D eigenvalue weighted by atomic mass is 16.5. The molecule has 0 saturated heterocycles. The predicted octanol–water partition coefficient (Wildman–Crippen LogP) is 0.110. The number of aliphatic carboxylic acids is 1. The molecule has 1 aliphatic carbocycles. The van der Waals surface area contributed by atoms with E-state index in [1.165, 1.54) is 7.11 Å². The molecule has 0 aromatic carbocycles. The van der Waals surface area contributed by atoms with E-state index < -0.39 is 12.1 Å². The van der Waals surface area contributed by atoms with Crippen molar-refractivity contribution in [3.8, 4) is 0 Å². The summed E-state index contributed by atoms with van der Waals surface area (Å²) in [5.74, 6) is -1.45. The maximum atomic E-state index is 12.0. The van der Waals surface area contributed by atoms with Gasteiger partial charge in [0.25, 0.3) is 0 Å². The summed E-state index contributed by atoms with van der Waals surface area (Å²) in [6, 6.07) is -0.127. The number of carboxylic acid groups (broad SMARTS) is 1. The van der Waals surface area contributed by atoms with E-state index in [0.29, 0.717) is 0 Å². The normalized spacial score (nSPS) is 26.1. The molecule has 1 amide bonds. The van der Waals surface area contributed by atoms with Crippen molar-refractivity contribution < 1.29 is 19.4 Å². The van der Waals surface area contributed by atoms with Gasteiger partial charge in [0.15, 0.2) is 6.10 Å². The topological polar surface area (TPSA) is 102 Å². The lowest BCUT2D eigenvalue weighted by Crippen LogP contribution is -2.45. The first kappa shape index (κ1) is 14.9. The fourth-order valence-electron chi connectivity index (χ4n) is 2.26. The van der Waals surface area contributed by atoms with Crippen molar-refractivity contribution >= 4 is 11.9 Å². The lowest BCUT2D eigenvalue weighted by Gasteiger charge is -2.21. The number of carbonyl (C=O) groups is 2. The first-order valence-corrected chi connectivity index (χ1v) is 6.35. The van der Waals surface area contributed by atoms with Gasteiger partial charge in [-0.15, -0.1) is 0 Å². The molecule has 1 saturated carbocycles. The van der Waals surface area contributed by atoms with Crippen molar-refractivity contribution in [2.75, 3.05) is 13.7 Å². The Balaban J connectivity index is 2.45. The van der Waals surface area contributed by atoms with E-state index in [0.717, 1.165) is 32.1 Å². The fourth-order valence-corrected chi connectivity index (χ4v) is 2.26. The van der Waals surface area contributed by atoms with E-state index >= 15 is 0 Å². The summed E-state index contributed by atoms with van der Waals surface area (Å²) in [7, 11) is 1.31. The highest BCUT2D eigenvalue weighted by molar-refractivity contribution is 5.80. The zero-order chi connectivity index (χ0) is 13.5. The Labute approximate surface area is 107 Å². The summed E-state index contributed by atoms with van der Waals surface area (Å²) in [5.41, 5.74) is 5.97. The van der Waals surface area contributed by atoms with E-state index in [1.807, 2.05) is 0 Å². The average molecular weight is 258 g/mol. The molecule has 18 heavy (non-hydrogen) atoms. The molecule has 0 spiro atoms. The summed E-state index contributed by atoms with van der Waals surface area (Å²) >= 11 is 0. The lowest BCUT2D eigenvalue weighted by atomic mass is 9.94. The van der Waals surface area contributed by atoms with Crippen molar-refractivity contribution in [3.63, 3.8) is 0 Å². The number of hydrogen-bond donors (Lipinski definition) is 3. The number of carboxylic acids is 1. The van der Waals surface area contributed by atoms with Crippen LogP contribution in [0.3, 0.4) is 0 Å². The zero-order valence-corrected chi connectivity index (χ0v) is 10.7. The van der Waals surface area contributed by atoms with Crippen LogP contribution < -0.4 is 11.1 Å². The molecule has 104 valence electrons. The molecule has 1 fully saturated rings. The van der Waals surface area contributed by atoms with Gasteiger partial charge in [0, 0.05) is 13.2 Å². The van der Waals surface area contributed by atoms with Crippen LogP contribution in [0, 0.1) is 5.92 Å². The van der Waals surface area contributed by atoms with Crippen LogP contribution in [0.4, 0.5) is 0 Å². The second-order valence-electron chi connectivity index (χ2n) is 4.72. The Bertz CT molecular complexity index is 296. The first-order valence-electron chi connectivity index (χ1n) is 6.35. The van der Waals surface area contributed by atoms with Gasteiger partial charge >= 0.3 is 5.97 Å². The molecule has 3 unspecified atom stereocenters. The van der Waals surface area contributed by atoms with Crippen LogP contribution in [0.5, 0.6) is 0 Å². The van der Waals surface area contributed by atoms with Gasteiger partial charge in [0.2, 0.25) is 5.91 Å². The van der Waals surface area contributed by atoms with E-state index in [4.69, 9.17) is 15.6 Å². The summed E-state index contributed by atoms with van der Waals surface area (Å²) in [4.78, 5) is 22.7. The quantitative estimate of drug-likeness (QED) is 0.607.